The molecule has 0 saturated carbocycles. The van der Waals surface area contributed by atoms with E-state index in [0.29, 0.717) is 31.0 Å². The van der Waals surface area contributed by atoms with Crippen molar-refractivity contribution < 1.29 is 14.6 Å². The number of hydrogen-bond acceptors (Lipinski definition) is 6. The van der Waals surface area contributed by atoms with Gasteiger partial charge in [0, 0.05) is 18.9 Å². The number of aromatic nitrogens is 4. The van der Waals surface area contributed by atoms with Gasteiger partial charge in [-0.25, -0.2) is 9.67 Å². The Morgan fingerprint density at radius 3 is 3.00 bits per heavy atom. The van der Waals surface area contributed by atoms with Gasteiger partial charge in [0.1, 0.15) is 11.2 Å². The second-order valence-corrected chi connectivity index (χ2v) is 6.68. The third kappa shape index (κ3) is 4.14. The van der Waals surface area contributed by atoms with Crippen LogP contribution in [0.15, 0.2) is 30.7 Å². The van der Waals surface area contributed by atoms with Gasteiger partial charge in [-0.1, -0.05) is 5.21 Å². The van der Waals surface area contributed by atoms with Gasteiger partial charge in [0.2, 0.25) is 5.88 Å². The van der Waals surface area contributed by atoms with E-state index in [4.69, 9.17) is 4.74 Å². The summed E-state index contributed by atoms with van der Waals surface area (Å²) in [6.07, 6.45) is 6.13. The molecule has 25 heavy (non-hydrogen) atoms. The molecule has 8 nitrogen and oxygen atoms in total. The molecule has 1 fully saturated rings. The summed E-state index contributed by atoms with van der Waals surface area (Å²) in [5.41, 5.74) is -0.607. The molecule has 2 aromatic heterocycles. The van der Waals surface area contributed by atoms with Crippen molar-refractivity contribution in [2.75, 3.05) is 13.1 Å². The van der Waals surface area contributed by atoms with Crippen molar-refractivity contribution in [3.8, 4) is 5.88 Å². The van der Waals surface area contributed by atoms with Crippen LogP contribution in [0.25, 0.3) is 0 Å². The van der Waals surface area contributed by atoms with Crippen LogP contribution in [-0.2, 0) is 6.54 Å². The quantitative estimate of drug-likeness (QED) is 0.873. The minimum atomic E-state index is -1.02. The fraction of sp³-hybridized carbons (Fsp3) is 0.529. The highest BCUT2D eigenvalue weighted by Gasteiger charge is 2.37. The van der Waals surface area contributed by atoms with Gasteiger partial charge >= 0.3 is 0 Å². The number of aliphatic hydroxyl groups is 1. The van der Waals surface area contributed by atoms with E-state index in [1.165, 1.54) is 0 Å². The van der Waals surface area contributed by atoms with Gasteiger partial charge in [-0.3, -0.25) is 4.79 Å². The highest BCUT2D eigenvalue weighted by Crippen LogP contribution is 2.26. The lowest BCUT2D eigenvalue weighted by molar-refractivity contribution is -0.0388. The number of piperidine rings is 1. The molecule has 8 heteroatoms. The Balaban J connectivity index is 1.76. The first kappa shape index (κ1) is 17.3. The average Bonchev–Trinajstić information content (AvgIpc) is 3.06. The summed E-state index contributed by atoms with van der Waals surface area (Å²) < 4.78 is 7.24. The summed E-state index contributed by atoms with van der Waals surface area (Å²) in [5.74, 6) is 0.147. The van der Waals surface area contributed by atoms with E-state index < -0.39 is 5.60 Å². The predicted molar refractivity (Wildman–Crippen MR) is 90.1 cm³/mol. The normalized spacial score (nSPS) is 20.7. The number of amides is 1. The molecule has 3 rings (SSSR count). The van der Waals surface area contributed by atoms with Crippen LogP contribution in [0.4, 0.5) is 0 Å². The highest BCUT2D eigenvalue weighted by molar-refractivity contribution is 5.96. The number of pyridine rings is 1. The van der Waals surface area contributed by atoms with Crippen molar-refractivity contribution >= 4 is 5.91 Å². The standard InChI is InChI=1S/C17H23N5O3/c1-13(2)25-15-14(5-3-7-18-15)16(23)21-9-4-6-17(24,11-21)12-22-10-8-19-20-22/h3,5,7-8,10,13,24H,4,6,9,11-12H2,1-2H3. The first-order chi connectivity index (χ1) is 12.0. The van der Waals surface area contributed by atoms with Crippen molar-refractivity contribution in [2.24, 2.45) is 0 Å². The molecule has 0 radical (unpaired) electrons. The van der Waals surface area contributed by atoms with Crippen LogP contribution < -0.4 is 4.74 Å². The average molecular weight is 345 g/mol. The van der Waals surface area contributed by atoms with Crippen molar-refractivity contribution in [2.45, 2.75) is 44.9 Å². The molecule has 1 unspecified atom stereocenters. The summed E-state index contributed by atoms with van der Waals surface area (Å²) in [6, 6.07) is 3.42. The molecule has 1 amide bonds. The van der Waals surface area contributed by atoms with E-state index >= 15 is 0 Å². The molecule has 1 aliphatic rings. The zero-order valence-electron chi connectivity index (χ0n) is 14.5. The van der Waals surface area contributed by atoms with E-state index in [-0.39, 0.29) is 18.6 Å². The van der Waals surface area contributed by atoms with Crippen LogP contribution in [0.2, 0.25) is 0 Å². The third-order valence-electron chi connectivity index (χ3n) is 4.12. The third-order valence-corrected chi connectivity index (χ3v) is 4.12. The first-order valence-corrected chi connectivity index (χ1v) is 8.44. The highest BCUT2D eigenvalue weighted by atomic mass is 16.5. The Labute approximate surface area is 146 Å². The van der Waals surface area contributed by atoms with Gasteiger partial charge in [-0.15, -0.1) is 5.10 Å². The van der Waals surface area contributed by atoms with Crippen LogP contribution in [0.3, 0.4) is 0 Å². The number of likely N-dealkylation sites (tertiary alicyclic amines) is 1. The van der Waals surface area contributed by atoms with E-state index in [9.17, 15) is 9.90 Å². The largest absolute Gasteiger partial charge is 0.474 e. The van der Waals surface area contributed by atoms with Gasteiger partial charge in [-0.05, 0) is 38.8 Å². The first-order valence-electron chi connectivity index (χ1n) is 8.44. The Hall–Kier alpha value is -2.48. The summed E-state index contributed by atoms with van der Waals surface area (Å²) >= 11 is 0. The van der Waals surface area contributed by atoms with E-state index in [0.717, 1.165) is 6.42 Å². The van der Waals surface area contributed by atoms with Gasteiger partial charge in [0.05, 0.1) is 25.4 Å². The maximum Gasteiger partial charge on any atom is 0.259 e. The monoisotopic (exact) mass is 345 g/mol. The number of rotatable bonds is 5. The zero-order chi connectivity index (χ0) is 17.9. The fourth-order valence-corrected chi connectivity index (χ4v) is 3.07. The van der Waals surface area contributed by atoms with Crippen LogP contribution >= 0.6 is 0 Å². The predicted octanol–water partition coefficient (Wildman–Crippen LogP) is 1.13. The van der Waals surface area contributed by atoms with E-state index in [1.54, 1.807) is 40.3 Å². The lowest BCUT2D eigenvalue weighted by Gasteiger charge is -2.39. The Morgan fingerprint density at radius 1 is 1.44 bits per heavy atom. The summed E-state index contributed by atoms with van der Waals surface area (Å²) in [7, 11) is 0. The minimum Gasteiger partial charge on any atom is -0.474 e. The molecule has 1 N–H and O–H groups in total. The van der Waals surface area contributed by atoms with Crippen molar-refractivity contribution in [3.05, 3.63) is 36.3 Å². The molecule has 1 atom stereocenters. The number of carbonyl (C=O) groups excluding carboxylic acids is 1. The number of carbonyl (C=O) groups is 1. The molecule has 0 aromatic carbocycles. The second-order valence-electron chi connectivity index (χ2n) is 6.68. The minimum absolute atomic E-state index is 0.0768. The molecule has 0 bridgehead atoms. The molecule has 0 aliphatic carbocycles. The summed E-state index contributed by atoms with van der Waals surface area (Å²) in [5, 5.41) is 18.6. The molecule has 3 heterocycles. The number of nitrogens with zero attached hydrogens (tertiary/aromatic N) is 5. The zero-order valence-corrected chi connectivity index (χ0v) is 14.5. The van der Waals surface area contributed by atoms with Crippen LogP contribution in [0.1, 0.15) is 37.0 Å². The van der Waals surface area contributed by atoms with Crippen LogP contribution in [0, 0.1) is 0 Å². The SMILES string of the molecule is CC(C)Oc1ncccc1C(=O)N1CCCC(O)(Cn2ccnn2)C1. The molecule has 134 valence electrons. The number of ether oxygens (including phenoxy) is 1. The van der Waals surface area contributed by atoms with Gasteiger partial charge in [0.25, 0.3) is 5.91 Å². The molecule has 1 saturated heterocycles. The number of hydrogen-bond donors (Lipinski definition) is 1. The van der Waals surface area contributed by atoms with Crippen molar-refractivity contribution in [1.82, 2.24) is 24.9 Å². The van der Waals surface area contributed by atoms with Gasteiger partial charge in [0.15, 0.2) is 0 Å². The Bertz CT molecular complexity index is 719. The van der Waals surface area contributed by atoms with Crippen LogP contribution in [-0.4, -0.2) is 60.7 Å². The summed E-state index contributed by atoms with van der Waals surface area (Å²) in [6.45, 7) is 4.91. The maximum absolute atomic E-state index is 13.0. The maximum atomic E-state index is 13.0. The molecular weight excluding hydrogens is 322 g/mol. The fourth-order valence-electron chi connectivity index (χ4n) is 3.07. The smallest absolute Gasteiger partial charge is 0.259 e. The van der Waals surface area contributed by atoms with Crippen molar-refractivity contribution in [1.29, 1.82) is 0 Å². The molecule has 1 aliphatic heterocycles. The molecule has 0 spiro atoms. The van der Waals surface area contributed by atoms with E-state index in [1.807, 2.05) is 13.8 Å². The lowest BCUT2D eigenvalue weighted by atomic mass is 9.92. The van der Waals surface area contributed by atoms with Crippen molar-refractivity contribution in [3.63, 3.8) is 0 Å². The summed E-state index contributed by atoms with van der Waals surface area (Å²) in [4.78, 5) is 18.8. The molecule has 2 aromatic rings. The Morgan fingerprint density at radius 2 is 2.28 bits per heavy atom. The second kappa shape index (κ2) is 7.18. The molecular formula is C17H23N5O3. The van der Waals surface area contributed by atoms with Gasteiger partial charge < -0.3 is 14.7 Å². The van der Waals surface area contributed by atoms with Gasteiger partial charge in [-0.2, -0.15) is 0 Å². The van der Waals surface area contributed by atoms with E-state index in [2.05, 4.69) is 15.3 Å². The Kier molecular flexibility index (Phi) is 4.98. The lowest BCUT2D eigenvalue weighted by Crippen LogP contribution is -2.52. The van der Waals surface area contributed by atoms with Crippen LogP contribution in [0.5, 0.6) is 5.88 Å². The number of β-amino-alcohol motifs (C(OH)–C–C–N with tert-alkyl or cyclic N) is 1. The topological polar surface area (TPSA) is 93.4 Å².